The van der Waals surface area contributed by atoms with Crippen molar-refractivity contribution in [2.45, 2.75) is 6.54 Å². The van der Waals surface area contributed by atoms with E-state index in [1.54, 1.807) is 6.20 Å². The fraction of sp³-hybridized carbons (Fsp3) is 0.300. The minimum Gasteiger partial charge on any atom is -0.291 e. The number of hydrogen-bond donors (Lipinski definition) is 0. The zero-order valence-corrected chi connectivity index (χ0v) is 7.50. The molecule has 0 saturated heterocycles. The Balaban J connectivity index is 2.59. The molecule has 0 aromatic carbocycles. The topological polar surface area (TPSA) is 16.1 Å². The van der Waals surface area contributed by atoms with Gasteiger partial charge in [0.25, 0.3) is 0 Å². The van der Waals surface area contributed by atoms with Gasteiger partial charge in [-0.2, -0.15) is 0 Å². The number of terminal acetylenes is 1. The third-order valence-corrected chi connectivity index (χ3v) is 1.58. The molecule has 0 radical (unpaired) electrons. The van der Waals surface area contributed by atoms with Crippen LogP contribution in [0, 0.1) is 18.2 Å². The Bertz CT molecular complexity index is 317. The first-order valence-electron chi connectivity index (χ1n) is 3.94. The van der Waals surface area contributed by atoms with Crippen molar-refractivity contribution in [2.75, 3.05) is 13.6 Å². The van der Waals surface area contributed by atoms with E-state index in [-0.39, 0.29) is 5.82 Å². The van der Waals surface area contributed by atoms with Crippen LogP contribution in [0.4, 0.5) is 4.39 Å². The van der Waals surface area contributed by atoms with Crippen LogP contribution in [0.5, 0.6) is 0 Å². The summed E-state index contributed by atoms with van der Waals surface area (Å²) in [6.45, 7) is 1.17. The van der Waals surface area contributed by atoms with E-state index in [4.69, 9.17) is 6.42 Å². The quantitative estimate of drug-likeness (QED) is 0.648. The van der Waals surface area contributed by atoms with Gasteiger partial charge in [0, 0.05) is 12.7 Å². The highest BCUT2D eigenvalue weighted by molar-refractivity contribution is 5.10. The van der Waals surface area contributed by atoms with Gasteiger partial charge in [0.05, 0.1) is 12.7 Å². The predicted molar refractivity (Wildman–Crippen MR) is 49.4 cm³/mol. The average molecular weight is 178 g/mol. The molecule has 0 aliphatic carbocycles. The maximum absolute atomic E-state index is 12.7. The van der Waals surface area contributed by atoms with E-state index < -0.39 is 0 Å². The fourth-order valence-corrected chi connectivity index (χ4v) is 1.07. The molecule has 68 valence electrons. The molecule has 0 amide bonds. The SMILES string of the molecule is C#CCN(C)Cc1cncc(F)c1. The zero-order valence-electron chi connectivity index (χ0n) is 7.50. The summed E-state index contributed by atoms with van der Waals surface area (Å²) in [6, 6.07) is 1.46. The summed E-state index contributed by atoms with van der Waals surface area (Å²) in [5, 5.41) is 0. The molecule has 0 N–H and O–H groups in total. The van der Waals surface area contributed by atoms with Crippen molar-refractivity contribution in [1.29, 1.82) is 0 Å². The first-order chi connectivity index (χ1) is 6.22. The maximum Gasteiger partial charge on any atom is 0.141 e. The van der Waals surface area contributed by atoms with Crippen LogP contribution in [0.3, 0.4) is 0 Å². The van der Waals surface area contributed by atoms with Gasteiger partial charge in [-0.25, -0.2) is 4.39 Å². The summed E-state index contributed by atoms with van der Waals surface area (Å²) in [6.07, 6.45) is 7.95. The van der Waals surface area contributed by atoms with Crippen LogP contribution in [-0.4, -0.2) is 23.5 Å². The van der Waals surface area contributed by atoms with Crippen molar-refractivity contribution >= 4 is 0 Å². The molecule has 0 spiro atoms. The highest BCUT2D eigenvalue weighted by atomic mass is 19.1. The molecule has 3 heteroatoms. The lowest BCUT2D eigenvalue weighted by Gasteiger charge is -2.12. The van der Waals surface area contributed by atoms with Gasteiger partial charge in [-0.3, -0.25) is 9.88 Å². The first kappa shape index (κ1) is 9.69. The molecule has 1 aromatic rings. The predicted octanol–water partition coefficient (Wildman–Crippen LogP) is 1.29. The summed E-state index contributed by atoms with van der Waals surface area (Å²) < 4.78 is 12.7. The lowest BCUT2D eigenvalue weighted by Crippen LogP contribution is -2.17. The molecule has 0 unspecified atom stereocenters. The first-order valence-corrected chi connectivity index (χ1v) is 3.94. The molecule has 1 heterocycles. The van der Waals surface area contributed by atoms with E-state index in [0.29, 0.717) is 13.1 Å². The highest BCUT2D eigenvalue weighted by Crippen LogP contribution is 2.03. The second-order valence-corrected chi connectivity index (χ2v) is 2.89. The molecule has 0 fully saturated rings. The Kier molecular flexibility index (Phi) is 3.41. The summed E-state index contributed by atoms with van der Waals surface area (Å²) in [4.78, 5) is 5.66. The van der Waals surface area contributed by atoms with E-state index in [1.165, 1.54) is 12.3 Å². The monoisotopic (exact) mass is 178 g/mol. The lowest BCUT2D eigenvalue weighted by atomic mass is 10.2. The van der Waals surface area contributed by atoms with Crippen molar-refractivity contribution in [3.05, 3.63) is 29.8 Å². The standard InChI is InChI=1S/C10H11FN2/c1-3-4-13(2)8-9-5-10(11)7-12-6-9/h1,5-7H,4,8H2,2H3. The van der Waals surface area contributed by atoms with E-state index in [9.17, 15) is 4.39 Å². The van der Waals surface area contributed by atoms with Crippen molar-refractivity contribution in [1.82, 2.24) is 9.88 Å². The van der Waals surface area contributed by atoms with Gasteiger partial charge in [0.15, 0.2) is 0 Å². The van der Waals surface area contributed by atoms with Crippen LogP contribution in [0.1, 0.15) is 5.56 Å². The minimum atomic E-state index is -0.313. The van der Waals surface area contributed by atoms with Gasteiger partial charge in [-0.15, -0.1) is 6.42 Å². The van der Waals surface area contributed by atoms with Crippen LogP contribution in [0.15, 0.2) is 18.5 Å². The normalized spacial score (nSPS) is 10.0. The Morgan fingerprint density at radius 3 is 3.00 bits per heavy atom. The van der Waals surface area contributed by atoms with Crippen molar-refractivity contribution in [3.8, 4) is 12.3 Å². The zero-order chi connectivity index (χ0) is 9.68. The van der Waals surface area contributed by atoms with Gasteiger partial charge < -0.3 is 0 Å². The molecule has 1 rings (SSSR count). The van der Waals surface area contributed by atoms with Crippen LogP contribution >= 0.6 is 0 Å². The summed E-state index contributed by atoms with van der Waals surface area (Å²) in [7, 11) is 1.88. The van der Waals surface area contributed by atoms with Gasteiger partial charge in [0.1, 0.15) is 5.82 Å². The highest BCUT2D eigenvalue weighted by Gasteiger charge is 1.99. The molecule has 0 aliphatic rings. The smallest absolute Gasteiger partial charge is 0.141 e. The number of hydrogen-bond acceptors (Lipinski definition) is 2. The van der Waals surface area contributed by atoms with Crippen LogP contribution in [-0.2, 0) is 6.54 Å². The Hall–Kier alpha value is -1.40. The molecular weight excluding hydrogens is 167 g/mol. The number of aromatic nitrogens is 1. The number of pyridine rings is 1. The molecule has 1 aromatic heterocycles. The Morgan fingerprint density at radius 1 is 1.62 bits per heavy atom. The summed E-state index contributed by atoms with van der Waals surface area (Å²) >= 11 is 0. The third-order valence-electron chi connectivity index (χ3n) is 1.58. The lowest BCUT2D eigenvalue weighted by molar-refractivity contribution is 0.368. The van der Waals surface area contributed by atoms with E-state index >= 15 is 0 Å². The molecular formula is C10H11FN2. The van der Waals surface area contributed by atoms with Gasteiger partial charge in [0.2, 0.25) is 0 Å². The second kappa shape index (κ2) is 4.58. The van der Waals surface area contributed by atoms with Gasteiger partial charge in [-0.1, -0.05) is 5.92 Å². The van der Waals surface area contributed by atoms with Crippen LogP contribution < -0.4 is 0 Å². The number of rotatable bonds is 3. The molecule has 0 bridgehead atoms. The fourth-order valence-electron chi connectivity index (χ4n) is 1.07. The largest absolute Gasteiger partial charge is 0.291 e. The molecule has 0 aliphatic heterocycles. The molecule has 0 atom stereocenters. The Morgan fingerprint density at radius 2 is 2.38 bits per heavy atom. The molecule has 0 saturated carbocycles. The van der Waals surface area contributed by atoms with Crippen LogP contribution in [0.2, 0.25) is 0 Å². The number of halogens is 1. The van der Waals surface area contributed by atoms with Gasteiger partial charge in [-0.05, 0) is 18.7 Å². The maximum atomic E-state index is 12.7. The summed E-state index contributed by atoms with van der Waals surface area (Å²) in [5.74, 6) is 2.20. The molecule has 13 heavy (non-hydrogen) atoms. The van der Waals surface area contributed by atoms with E-state index in [0.717, 1.165) is 5.56 Å². The second-order valence-electron chi connectivity index (χ2n) is 2.89. The van der Waals surface area contributed by atoms with E-state index in [2.05, 4.69) is 10.9 Å². The van der Waals surface area contributed by atoms with Crippen molar-refractivity contribution in [2.24, 2.45) is 0 Å². The van der Waals surface area contributed by atoms with Crippen molar-refractivity contribution in [3.63, 3.8) is 0 Å². The molecule has 2 nitrogen and oxygen atoms in total. The third kappa shape index (κ3) is 3.22. The minimum absolute atomic E-state index is 0.313. The Labute approximate surface area is 77.4 Å². The van der Waals surface area contributed by atoms with Crippen LogP contribution in [0.25, 0.3) is 0 Å². The summed E-state index contributed by atoms with van der Waals surface area (Å²) in [5.41, 5.74) is 0.831. The van der Waals surface area contributed by atoms with Gasteiger partial charge >= 0.3 is 0 Å². The average Bonchev–Trinajstić information content (AvgIpc) is 2.04. The number of nitrogens with zero attached hydrogens (tertiary/aromatic N) is 2. The van der Waals surface area contributed by atoms with E-state index in [1.807, 2.05) is 11.9 Å². The van der Waals surface area contributed by atoms with Crippen molar-refractivity contribution < 1.29 is 4.39 Å².